The second-order valence-electron chi connectivity index (χ2n) is 8.24. The number of hydrogen-bond acceptors (Lipinski definition) is 2. The first kappa shape index (κ1) is 17.0. The lowest BCUT2D eigenvalue weighted by Crippen LogP contribution is -2.37. The smallest absolute Gasteiger partial charge is 0.0128 e. The zero-order valence-electron chi connectivity index (χ0n) is 14.9. The molecule has 0 amide bonds. The van der Waals surface area contributed by atoms with Crippen LogP contribution in [0.1, 0.15) is 68.9 Å². The minimum absolute atomic E-state index is 0.786. The van der Waals surface area contributed by atoms with Crippen LogP contribution in [0.15, 0.2) is 24.3 Å². The van der Waals surface area contributed by atoms with Gasteiger partial charge in [0.15, 0.2) is 0 Å². The van der Waals surface area contributed by atoms with Gasteiger partial charge in [0.2, 0.25) is 0 Å². The Morgan fingerprint density at radius 3 is 2.26 bits per heavy atom. The van der Waals surface area contributed by atoms with Gasteiger partial charge >= 0.3 is 0 Å². The van der Waals surface area contributed by atoms with Gasteiger partial charge in [-0.05, 0) is 80.6 Å². The van der Waals surface area contributed by atoms with E-state index in [2.05, 4.69) is 43.5 Å². The van der Waals surface area contributed by atoms with E-state index in [1.807, 2.05) is 0 Å². The van der Waals surface area contributed by atoms with Crippen molar-refractivity contribution < 1.29 is 0 Å². The van der Waals surface area contributed by atoms with E-state index >= 15 is 0 Å². The maximum Gasteiger partial charge on any atom is 0.0128 e. The van der Waals surface area contributed by atoms with Gasteiger partial charge in [0.1, 0.15) is 0 Å². The molecule has 1 aromatic carbocycles. The summed E-state index contributed by atoms with van der Waals surface area (Å²) in [5, 5.41) is 0. The number of hydrazine groups is 1. The molecule has 2 aliphatic rings. The van der Waals surface area contributed by atoms with Gasteiger partial charge < -0.3 is 0 Å². The third-order valence-electron chi connectivity index (χ3n) is 6.77. The standard InChI is InChI=1S/C21H34N2/c1-15-3-6-17(7-4-15)18-9-11-19(12-10-18)20-8-5-16(2)21(13-20)14-23-22/h3-4,6-7,16,18-21,23H,5,8-14,22H2,1-2H3. The van der Waals surface area contributed by atoms with Gasteiger partial charge in [-0.25, -0.2) is 0 Å². The van der Waals surface area contributed by atoms with Crippen LogP contribution in [0, 0.1) is 30.6 Å². The summed E-state index contributed by atoms with van der Waals surface area (Å²) in [5.74, 6) is 9.93. The molecule has 3 unspecified atom stereocenters. The normalized spacial score (nSPS) is 35.2. The molecule has 3 atom stereocenters. The van der Waals surface area contributed by atoms with Crippen LogP contribution in [0.3, 0.4) is 0 Å². The summed E-state index contributed by atoms with van der Waals surface area (Å²) < 4.78 is 0. The average Bonchev–Trinajstić information content (AvgIpc) is 2.58. The Balaban J connectivity index is 1.53. The first-order valence-electron chi connectivity index (χ1n) is 9.67. The van der Waals surface area contributed by atoms with Crippen molar-refractivity contribution in [3.05, 3.63) is 35.4 Å². The molecule has 0 aliphatic heterocycles. The molecule has 128 valence electrons. The average molecular weight is 315 g/mol. The number of nitrogens with two attached hydrogens (primary N) is 1. The summed E-state index contributed by atoms with van der Waals surface area (Å²) in [7, 11) is 0. The molecule has 0 spiro atoms. The van der Waals surface area contributed by atoms with E-state index in [0.717, 1.165) is 36.1 Å². The minimum Gasteiger partial charge on any atom is -0.271 e. The molecule has 3 N–H and O–H groups in total. The van der Waals surface area contributed by atoms with E-state index in [1.54, 1.807) is 5.56 Å². The molecule has 2 fully saturated rings. The molecular weight excluding hydrogens is 280 g/mol. The molecule has 2 saturated carbocycles. The van der Waals surface area contributed by atoms with Crippen LogP contribution in [-0.2, 0) is 0 Å². The van der Waals surface area contributed by atoms with E-state index < -0.39 is 0 Å². The van der Waals surface area contributed by atoms with Crippen LogP contribution in [0.2, 0.25) is 0 Å². The molecule has 3 rings (SSSR count). The maximum atomic E-state index is 5.59. The summed E-state index contributed by atoms with van der Waals surface area (Å²) in [6.07, 6.45) is 9.88. The quantitative estimate of drug-likeness (QED) is 0.620. The summed E-state index contributed by atoms with van der Waals surface area (Å²) in [6.45, 7) is 5.58. The Kier molecular flexibility index (Phi) is 5.76. The predicted octanol–water partition coefficient (Wildman–Crippen LogP) is 4.78. The van der Waals surface area contributed by atoms with Crippen molar-refractivity contribution in [2.45, 2.75) is 64.7 Å². The van der Waals surface area contributed by atoms with Gasteiger partial charge in [0.25, 0.3) is 0 Å². The highest BCUT2D eigenvalue weighted by Crippen LogP contribution is 2.45. The van der Waals surface area contributed by atoms with E-state index in [4.69, 9.17) is 5.84 Å². The summed E-state index contributed by atoms with van der Waals surface area (Å²) in [6, 6.07) is 9.25. The predicted molar refractivity (Wildman–Crippen MR) is 98.1 cm³/mol. The van der Waals surface area contributed by atoms with Crippen LogP contribution in [0.5, 0.6) is 0 Å². The van der Waals surface area contributed by atoms with E-state index in [1.165, 1.54) is 50.5 Å². The fourth-order valence-electron chi connectivity index (χ4n) is 5.08. The Morgan fingerprint density at radius 2 is 1.61 bits per heavy atom. The number of hydrogen-bond donors (Lipinski definition) is 2. The Labute approximate surface area is 142 Å². The Hall–Kier alpha value is -0.860. The molecule has 1 aromatic rings. The number of rotatable bonds is 4. The van der Waals surface area contributed by atoms with Gasteiger partial charge in [-0.3, -0.25) is 11.3 Å². The Morgan fingerprint density at radius 1 is 0.957 bits per heavy atom. The highest BCUT2D eigenvalue weighted by atomic mass is 15.2. The number of aryl methyl sites for hydroxylation is 1. The lowest BCUT2D eigenvalue weighted by Gasteiger charge is -2.41. The topological polar surface area (TPSA) is 38.0 Å². The van der Waals surface area contributed by atoms with Crippen molar-refractivity contribution in [3.63, 3.8) is 0 Å². The zero-order chi connectivity index (χ0) is 16.2. The van der Waals surface area contributed by atoms with Crippen LogP contribution >= 0.6 is 0 Å². The van der Waals surface area contributed by atoms with Crippen LogP contribution < -0.4 is 11.3 Å². The monoisotopic (exact) mass is 314 g/mol. The number of nitrogens with one attached hydrogen (secondary N) is 1. The zero-order valence-corrected chi connectivity index (χ0v) is 14.9. The van der Waals surface area contributed by atoms with Gasteiger partial charge in [0.05, 0.1) is 0 Å². The summed E-state index contributed by atoms with van der Waals surface area (Å²) >= 11 is 0. The van der Waals surface area contributed by atoms with Crippen LogP contribution in [-0.4, -0.2) is 6.54 Å². The maximum absolute atomic E-state index is 5.59. The van der Waals surface area contributed by atoms with Crippen molar-refractivity contribution in [2.75, 3.05) is 6.54 Å². The molecule has 0 aromatic heterocycles. The molecule has 0 radical (unpaired) electrons. The second kappa shape index (κ2) is 7.81. The van der Waals surface area contributed by atoms with Crippen molar-refractivity contribution >= 4 is 0 Å². The lowest BCUT2D eigenvalue weighted by atomic mass is 9.65. The molecule has 0 saturated heterocycles. The van der Waals surface area contributed by atoms with Crippen molar-refractivity contribution in [3.8, 4) is 0 Å². The molecule has 2 aliphatic carbocycles. The van der Waals surface area contributed by atoms with Crippen molar-refractivity contribution in [1.29, 1.82) is 0 Å². The third-order valence-corrected chi connectivity index (χ3v) is 6.77. The Bertz CT molecular complexity index is 473. The fraction of sp³-hybridized carbons (Fsp3) is 0.714. The SMILES string of the molecule is Cc1ccc(C2CCC(C3CCC(C)C(CNN)C3)CC2)cc1. The number of benzene rings is 1. The second-order valence-corrected chi connectivity index (χ2v) is 8.24. The van der Waals surface area contributed by atoms with Gasteiger partial charge in [0, 0.05) is 6.54 Å². The lowest BCUT2D eigenvalue weighted by molar-refractivity contribution is 0.117. The van der Waals surface area contributed by atoms with Crippen molar-refractivity contribution in [2.24, 2.45) is 29.5 Å². The highest BCUT2D eigenvalue weighted by molar-refractivity contribution is 5.24. The van der Waals surface area contributed by atoms with Crippen molar-refractivity contribution in [1.82, 2.24) is 5.43 Å². The summed E-state index contributed by atoms with van der Waals surface area (Å²) in [5.41, 5.74) is 5.86. The first-order chi connectivity index (χ1) is 11.2. The molecule has 23 heavy (non-hydrogen) atoms. The van der Waals surface area contributed by atoms with Gasteiger partial charge in [-0.15, -0.1) is 0 Å². The van der Waals surface area contributed by atoms with Crippen LogP contribution in [0.4, 0.5) is 0 Å². The molecule has 2 nitrogen and oxygen atoms in total. The third kappa shape index (κ3) is 4.16. The summed E-state index contributed by atoms with van der Waals surface area (Å²) in [4.78, 5) is 0. The molecule has 0 heterocycles. The highest BCUT2D eigenvalue weighted by Gasteiger charge is 2.34. The van der Waals surface area contributed by atoms with Gasteiger partial charge in [-0.2, -0.15) is 0 Å². The fourth-order valence-corrected chi connectivity index (χ4v) is 5.08. The van der Waals surface area contributed by atoms with E-state index in [-0.39, 0.29) is 0 Å². The largest absolute Gasteiger partial charge is 0.271 e. The van der Waals surface area contributed by atoms with E-state index in [9.17, 15) is 0 Å². The van der Waals surface area contributed by atoms with E-state index in [0.29, 0.717) is 0 Å². The van der Waals surface area contributed by atoms with Crippen LogP contribution in [0.25, 0.3) is 0 Å². The first-order valence-corrected chi connectivity index (χ1v) is 9.67. The molecule has 2 heteroatoms. The van der Waals surface area contributed by atoms with Gasteiger partial charge in [-0.1, -0.05) is 43.2 Å². The molecule has 0 bridgehead atoms. The molecular formula is C21H34N2. The minimum atomic E-state index is 0.786.